The summed E-state index contributed by atoms with van der Waals surface area (Å²) >= 11 is 0. The lowest BCUT2D eigenvalue weighted by molar-refractivity contribution is -0.870. The van der Waals surface area contributed by atoms with E-state index in [0.717, 1.165) is 122 Å². The Morgan fingerprint density at radius 1 is 0.344 bits per heavy atom. The van der Waals surface area contributed by atoms with Gasteiger partial charge in [-0.1, -0.05) is 321 Å². The fourth-order valence-electron chi connectivity index (χ4n) is 10.1. The number of phosphoric ester groups is 1. The van der Waals surface area contributed by atoms with E-state index >= 15 is 0 Å². The zero-order valence-electron chi connectivity index (χ0n) is 58.8. The monoisotopic (exact) mass is 1270 g/mol. The Kier molecular flexibility index (Phi) is 66.5. The molecule has 10 heteroatoms. The summed E-state index contributed by atoms with van der Waals surface area (Å²) in [7, 11) is 1.15. The molecule has 0 aliphatic heterocycles. The zero-order valence-corrected chi connectivity index (χ0v) is 59.7. The summed E-state index contributed by atoms with van der Waals surface area (Å²) in [6.45, 7) is 4.01. The van der Waals surface area contributed by atoms with Crippen molar-refractivity contribution in [3.63, 3.8) is 0 Å². The lowest BCUT2D eigenvalue weighted by Gasteiger charge is -2.28. The Morgan fingerprint density at radius 2 is 0.600 bits per heavy atom. The number of hydrogen-bond acceptors (Lipinski definition) is 8. The van der Waals surface area contributed by atoms with E-state index in [2.05, 4.69) is 148 Å². The van der Waals surface area contributed by atoms with Gasteiger partial charge in [-0.3, -0.25) is 14.2 Å². The van der Waals surface area contributed by atoms with Crippen molar-refractivity contribution in [1.82, 2.24) is 0 Å². The van der Waals surface area contributed by atoms with Gasteiger partial charge in [-0.25, -0.2) is 0 Å². The van der Waals surface area contributed by atoms with Crippen LogP contribution in [-0.4, -0.2) is 70.0 Å². The number of likely N-dealkylation sites (N-methyl/N-ethyl adjacent to an activating group) is 1. The zero-order chi connectivity index (χ0) is 65.5. The third-order valence-electron chi connectivity index (χ3n) is 15.7. The molecule has 0 aromatic heterocycles. The number of carbonyl (C=O) groups is 2. The van der Waals surface area contributed by atoms with Crippen LogP contribution in [0.2, 0.25) is 0 Å². The molecule has 516 valence electrons. The highest BCUT2D eigenvalue weighted by molar-refractivity contribution is 7.45. The van der Waals surface area contributed by atoms with Gasteiger partial charge in [0.2, 0.25) is 0 Å². The number of hydrogen-bond donors (Lipinski definition) is 0. The van der Waals surface area contributed by atoms with E-state index in [1.807, 2.05) is 21.1 Å². The summed E-state index contributed by atoms with van der Waals surface area (Å²) in [4.78, 5) is 38.1. The first-order chi connectivity index (χ1) is 44.0. The Morgan fingerprint density at radius 3 is 0.889 bits per heavy atom. The molecule has 2 atom stereocenters. The highest BCUT2D eigenvalue weighted by Crippen LogP contribution is 2.38. The normalized spacial score (nSPS) is 13.9. The molecule has 0 saturated heterocycles. The van der Waals surface area contributed by atoms with Crippen molar-refractivity contribution in [3.8, 4) is 0 Å². The minimum atomic E-state index is -4.66. The SMILES string of the molecule is CC/C=C\C/C=C\C/C=C\C/C=C\C/C=C\C/C=C\C/C=C\CCCCCCCC(=O)OC(COC(=O)CCCCCCCCCCCCCCCCCCCCCCCCCCCC/C=C\C/C=C\C/C=C\C/C=C\CC)COP(=O)([O-])OCC[N+](C)(C)C. The molecule has 0 aliphatic rings. The number of phosphoric acid groups is 1. The van der Waals surface area contributed by atoms with Gasteiger partial charge in [-0.05, 0) is 109 Å². The number of unbranched alkanes of at least 4 members (excludes halogenated alkanes) is 31. The molecule has 0 spiro atoms. The van der Waals surface area contributed by atoms with Crippen molar-refractivity contribution < 1.29 is 42.1 Å². The largest absolute Gasteiger partial charge is 0.756 e. The summed E-state index contributed by atoms with van der Waals surface area (Å²) in [5, 5.41) is 0. The first kappa shape index (κ1) is 86.2. The van der Waals surface area contributed by atoms with E-state index in [-0.39, 0.29) is 32.0 Å². The minimum absolute atomic E-state index is 0.0398. The molecule has 0 saturated carbocycles. The van der Waals surface area contributed by atoms with Crippen LogP contribution in [0.15, 0.2) is 134 Å². The summed E-state index contributed by atoms with van der Waals surface area (Å²) in [6.07, 6.45) is 101. The van der Waals surface area contributed by atoms with Crippen LogP contribution in [-0.2, 0) is 32.7 Å². The average Bonchev–Trinajstić information content (AvgIpc) is 3.61. The molecule has 0 aromatic carbocycles. The molecule has 0 aliphatic carbocycles. The lowest BCUT2D eigenvalue weighted by Crippen LogP contribution is -2.37. The highest BCUT2D eigenvalue weighted by atomic mass is 31.2. The molecule has 0 amide bonds. The molecule has 0 fully saturated rings. The number of nitrogens with zero attached hydrogens (tertiary/aromatic N) is 1. The molecule has 0 N–H and O–H groups in total. The summed E-state index contributed by atoms with van der Waals surface area (Å²) in [6, 6.07) is 0. The van der Waals surface area contributed by atoms with Crippen LogP contribution in [0.5, 0.6) is 0 Å². The van der Waals surface area contributed by atoms with Gasteiger partial charge in [0.05, 0.1) is 27.7 Å². The van der Waals surface area contributed by atoms with E-state index in [0.29, 0.717) is 17.4 Å². The third-order valence-corrected chi connectivity index (χ3v) is 16.6. The maximum Gasteiger partial charge on any atom is 0.306 e. The second-order valence-electron chi connectivity index (χ2n) is 25.5. The number of quaternary nitrogens is 1. The molecule has 0 aromatic rings. The van der Waals surface area contributed by atoms with Crippen molar-refractivity contribution in [2.45, 2.75) is 315 Å². The number of rotatable bonds is 67. The molecule has 2 unspecified atom stereocenters. The Bertz CT molecular complexity index is 1980. The predicted octanol–water partition coefficient (Wildman–Crippen LogP) is 23.8. The van der Waals surface area contributed by atoms with Gasteiger partial charge in [0.15, 0.2) is 6.10 Å². The number of ether oxygens (including phenoxy) is 2. The molecular weight excluding hydrogens is 1130 g/mol. The first-order valence-corrected chi connectivity index (χ1v) is 38.4. The highest BCUT2D eigenvalue weighted by Gasteiger charge is 2.22. The van der Waals surface area contributed by atoms with E-state index in [1.54, 1.807) is 0 Å². The number of carbonyl (C=O) groups excluding carboxylic acids is 2. The maximum absolute atomic E-state index is 12.9. The quantitative estimate of drug-likeness (QED) is 0.0195. The molecule has 0 bridgehead atoms. The van der Waals surface area contributed by atoms with Gasteiger partial charge in [0.1, 0.15) is 19.8 Å². The topological polar surface area (TPSA) is 111 Å². The standard InChI is InChI=1S/C80H138NO8P/c1-6-8-10-12-14-16-18-20-22-24-26-28-30-32-34-35-36-37-38-39-40-41-42-43-44-45-47-48-50-52-54-56-58-60-62-64-66-68-70-72-79(82)86-76-78(77-88-90(84,85)87-75-74-81(3,4)5)89-80(83)73-71-69-67-65-63-61-59-57-55-53-51-49-46-33-31-29-27-25-23-21-19-17-15-13-11-9-7-2/h8-11,14-17,20-23,26-29,33,46,51,53,57,59,78H,6-7,12-13,18-19,24-25,30-32,34-45,47-50,52,54-56,58,60-77H2,1-5H3/b10-8-,11-9-,16-14-,17-15-,22-20-,23-21-,28-26-,29-27-,46-33-,53-51-,59-57-. The average molecular weight is 1270 g/mol. The molecule has 9 nitrogen and oxygen atoms in total. The molecule has 90 heavy (non-hydrogen) atoms. The van der Waals surface area contributed by atoms with Crippen LogP contribution >= 0.6 is 7.82 Å². The molecular formula is C80H138NO8P. The van der Waals surface area contributed by atoms with E-state index in [9.17, 15) is 19.0 Å². The van der Waals surface area contributed by atoms with Crippen molar-refractivity contribution in [3.05, 3.63) is 134 Å². The van der Waals surface area contributed by atoms with Gasteiger partial charge in [0, 0.05) is 12.8 Å². The van der Waals surface area contributed by atoms with Crippen molar-refractivity contribution in [2.75, 3.05) is 47.5 Å². The Hall–Kier alpha value is -3.85. The maximum atomic E-state index is 12.9. The molecule has 0 radical (unpaired) electrons. The van der Waals surface area contributed by atoms with Crippen molar-refractivity contribution in [1.29, 1.82) is 0 Å². The second kappa shape index (κ2) is 69.5. The first-order valence-electron chi connectivity index (χ1n) is 36.9. The van der Waals surface area contributed by atoms with Gasteiger partial charge < -0.3 is 27.9 Å². The lowest BCUT2D eigenvalue weighted by atomic mass is 10.0. The van der Waals surface area contributed by atoms with Crippen LogP contribution in [0, 0.1) is 0 Å². The van der Waals surface area contributed by atoms with Crippen LogP contribution in [0.4, 0.5) is 0 Å². The number of allylic oxidation sites excluding steroid dienone is 22. The van der Waals surface area contributed by atoms with E-state index < -0.39 is 26.5 Å². The predicted molar refractivity (Wildman–Crippen MR) is 388 cm³/mol. The van der Waals surface area contributed by atoms with E-state index in [1.165, 1.54) is 154 Å². The fourth-order valence-corrected chi connectivity index (χ4v) is 10.8. The van der Waals surface area contributed by atoms with Gasteiger partial charge in [-0.15, -0.1) is 0 Å². The van der Waals surface area contributed by atoms with Crippen molar-refractivity contribution >= 4 is 19.8 Å². The second-order valence-corrected chi connectivity index (χ2v) is 27.0. The summed E-state index contributed by atoms with van der Waals surface area (Å²) in [5.41, 5.74) is 0. The van der Waals surface area contributed by atoms with Crippen LogP contribution < -0.4 is 4.89 Å². The van der Waals surface area contributed by atoms with Gasteiger partial charge >= 0.3 is 11.9 Å². The minimum Gasteiger partial charge on any atom is -0.756 e. The molecule has 0 heterocycles. The molecule has 0 rings (SSSR count). The number of esters is 2. The fraction of sp³-hybridized carbons (Fsp3) is 0.700. The third kappa shape index (κ3) is 73.2. The smallest absolute Gasteiger partial charge is 0.306 e. The van der Waals surface area contributed by atoms with Gasteiger partial charge in [0.25, 0.3) is 7.82 Å². The van der Waals surface area contributed by atoms with Gasteiger partial charge in [-0.2, -0.15) is 0 Å². The van der Waals surface area contributed by atoms with Crippen LogP contribution in [0.25, 0.3) is 0 Å². The van der Waals surface area contributed by atoms with Crippen LogP contribution in [0.1, 0.15) is 309 Å². The summed E-state index contributed by atoms with van der Waals surface area (Å²) < 4.78 is 34.3. The van der Waals surface area contributed by atoms with E-state index in [4.69, 9.17) is 18.5 Å². The van der Waals surface area contributed by atoms with Crippen molar-refractivity contribution in [2.24, 2.45) is 0 Å². The van der Waals surface area contributed by atoms with Crippen LogP contribution in [0.3, 0.4) is 0 Å². The Labute approximate surface area is 555 Å². The summed E-state index contributed by atoms with van der Waals surface area (Å²) in [5.74, 6) is -0.852. The Balaban J connectivity index is 4.00.